The number of hydrogen-bond acceptors (Lipinski definition) is 0. The maximum absolute atomic E-state index is 13.1. The molecule has 2 atom stereocenters. The van der Waals surface area contributed by atoms with Gasteiger partial charge >= 0.3 is 0 Å². The van der Waals surface area contributed by atoms with E-state index in [1.54, 1.807) is 13.8 Å². The van der Waals surface area contributed by atoms with Crippen molar-refractivity contribution in [2.45, 2.75) is 38.8 Å². The predicted octanol–water partition coefficient (Wildman–Crippen LogP) is 3.03. The Morgan fingerprint density at radius 2 is 1.73 bits per heavy atom. The van der Waals surface area contributed by atoms with Gasteiger partial charge in [0.05, 0.1) is 0 Å². The average Bonchev–Trinajstić information content (AvgIpc) is 1.82. The van der Waals surface area contributed by atoms with E-state index in [2.05, 4.69) is 0 Å². The average molecular weight is 166 g/mol. The Morgan fingerprint density at radius 1 is 1.27 bits per heavy atom. The van der Waals surface area contributed by atoms with E-state index < -0.39 is 17.5 Å². The van der Waals surface area contributed by atoms with Crippen molar-refractivity contribution in [3.05, 3.63) is 0 Å². The summed E-state index contributed by atoms with van der Waals surface area (Å²) in [6.07, 6.45) is -0.294. The molecule has 1 saturated carbocycles. The minimum absolute atomic E-state index is 0.00428. The van der Waals surface area contributed by atoms with Crippen molar-refractivity contribution in [2.24, 2.45) is 11.8 Å². The molecule has 66 valence electrons. The summed E-state index contributed by atoms with van der Waals surface area (Å²) >= 11 is 0. The molecule has 0 aromatic carbocycles. The zero-order valence-corrected chi connectivity index (χ0v) is 7.00. The first-order valence-corrected chi connectivity index (χ1v) is 3.86. The van der Waals surface area contributed by atoms with E-state index in [9.17, 15) is 13.2 Å². The Kier molecular flexibility index (Phi) is 1.73. The topological polar surface area (TPSA) is 0 Å². The van der Waals surface area contributed by atoms with Crippen LogP contribution in [-0.2, 0) is 0 Å². The first-order valence-electron chi connectivity index (χ1n) is 3.86. The molecule has 0 radical (unpaired) electrons. The van der Waals surface area contributed by atoms with Gasteiger partial charge in [0.15, 0.2) is 5.67 Å². The summed E-state index contributed by atoms with van der Waals surface area (Å²) in [6.45, 7) is 4.55. The SMILES string of the molecule is CC(C)C1CC(F)(F)C1(C)F. The molecule has 1 rings (SSSR count). The lowest BCUT2D eigenvalue weighted by atomic mass is 9.63. The third-order valence-electron chi connectivity index (χ3n) is 2.69. The van der Waals surface area contributed by atoms with E-state index in [0.717, 1.165) is 6.92 Å². The van der Waals surface area contributed by atoms with Crippen molar-refractivity contribution in [2.75, 3.05) is 0 Å². The van der Waals surface area contributed by atoms with Gasteiger partial charge < -0.3 is 0 Å². The van der Waals surface area contributed by atoms with Crippen LogP contribution in [0.1, 0.15) is 27.2 Å². The molecule has 0 spiro atoms. The van der Waals surface area contributed by atoms with Crippen molar-refractivity contribution in [1.82, 2.24) is 0 Å². The quantitative estimate of drug-likeness (QED) is 0.561. The summed E-state index contributed by atoms with van der Waals surface area (Å²) in [5, 5.41) is 0. The van der Waals surface area contributed by atoms with E-state index in [1.807, 2.05) is 0 Å². The first kappa shape index (κ1) is 8.88. The van der Waals surface area contributed by atoms with Gasteiger partial charge in [-0.05, 0) is 12.8 Å². The van der Waals surface area contributed by atoms with Crippen LogP contribution in [0.4, 0.5) is 13.2 Å². The van der Waals surface area contributed by atoms with Gasteiger partial charge in [0.2, 0.25) is 0 Å². The minimum atomic E-state index is -3.10. The third kappa shape index (κ3) is 1.05. The van der Waals surface area contributed by atoms with Crippen LogP contribution in [0, 0.1) is 11.8 Å². The van der Waals surface area contributed by atoms with Crippen molar-refractivity contribution < 1.29 is 13.2 Å². The summed E-state index contributed by atoms with van der Waals surface area (Å²) in [4.78, 5) is 0. The monoisotopic (exact) mass is 166 g/mol. The molecule has 0 amide bonds. The summed E-state index contributed by atoms with van der Waals surface area (Å²) in [7, 11) is 0. The molecule has 0 aromatic rings. The molecule has 1 fully saturated rings. The van der Waals surface area contributed by atoms with Gasteiger partial charge in [-0.2, -0.15) is 0 Å². The fourth-order valence-electron chi connectivity index (χ4n) is 1.67. The fraction of sp³-hybridized carbons (Fsp3) is 1.00. The largest absolute Gasteiger partial charge is 0.281 e. The maximum Gasteiger partial charge on any atom is 0.281 e. The molecular formula is C8H13F3. The lowest BCUT2D eigenvalue weighted by molar-refractivity contribution is -0.252. The molecule has 1 aliphatic rings. The Bertz CT molecular complexity index is 161. The smallest absolute Gasteiger partial charge is 0.237 e. The second kappa shape index (κ2) is 2.14. The molecule has 0 N–H and O–H groups in total. The van der Waals surface area contributed by atoms with E-state index in [4.69, 9.17) is 0 Å². The van der Waals surface area contributed by atoms with E-state index in [-0.39, 0.29) is 12.3 Å². The highest BCUT2D eigenvalue weighted by Gasteiger charge is 2.67. The molecule has 0 aromatic heterocycles. The van der Waals surface area contributed by atoms with Crippen LogP contribution in [-0.4, -0.2) is 11.6 Å². The van der Waals surface area contributed by atoms with E-state index >= 15 is 0 Å². The third-order valence-corrected chi connectivity index (χ3v) is 2.69. The summed E-state index contributed by atoms with van der Waals surface area (Å²) in [5.41, 5.74) is -2.28. The first-order chi connectivity index (χ1) is 4.79. The molecule has 0 heterocycles. The predicted molar refractivity (Wildman–Crippen MR) is 37.4 cm³/mol. The standard InChI is InChI=1S/C8H13F3/c1-5(2)6-4-8(10,11)7(6,3)9/h5-6H,4H2,1-3H3. The second-order valence-corrected chi connectivity index (χ2v) is 3.83. The number of alkyl halides is 3. The van der Waals surface area contributed by atoms with Gasteiger partial charge in [-0.3, -0.25) is 0 Å². The Balaban J connectivity index is 2.69. The van der Waals surface area contributed by atoms with Crippen molar-refractivity contribution in [3.8, 4) is 0 Å². The van der Waals surface area contributed by atoms with Gasteiger partial charge in [0.25, 0.3) is 5.92 Å². The van der Waals surface area contributed by atoms with Crippen LogP contribution in [0.25, 0.3) is 0 Å². The van der Waals surface area contributed by atoms with E-state index in [0.29, 0.717) is 0 Å². The van der Waals surface area contributed by atoms with E-state index in [1.165, 1.54) is 0 Å². The highest BCUT2D eigenvalue weighted by Crippen LogP contribution is 2.56. The number of rotatable bonds is 1. The second-order valence-electron chi connectivity index (χ2n) is 3.83. The zero-order valence-electron chi connectivity index (χ0n) is 7.00. The maximum atomic E-state index is 13.1. The van der Waals surface area contributed by atoms with Crippen molar-refractivity contribution in [3.63, 3.8) is 0 Å². The van der Waals surface area contributed by atoms with Crippen LogP contribution in [0.5, 0.6) is 0 Å². The van der Waals surface area contributed by atoms with Crippen LogP contribution >= 0.6 is 0 Å². The molecule has 0 bridgehead atoms. The van der Waals surface area contributed by atoms with Gasteiger partial charge in [0, 0.05) is 12.3 Å². The molecule has 3 heteroatoms. The Labute approximate surface area is 64.8 Å². The Hall–Kier alpha value is -0.210. The summed E-state index contributed by atoms with van der Waals surface area (Å²) < 4.78 is 38.3. The molecule has 2 unspecified atom stereocenters. The van der Waals surface area contributed by atoms with Crippen LogP contribution in [0.2, 0.25) is 0 Å². The molecular weight excluding hydrogens is 153 g/mol. The number of halogens is 3. The fourth-order valence-corrected chi connectivity index (χ4v) is 1.67. The number of hydrogen-bond donors (Lipinski definition) is 0. The molecule has 1 aliphatic carbocycles. The van der Waals surface area contributed by atoms with Gasteiger partial charge in [-0.15, -0.1) is 0 Å². The lowest BCUT2D eigenvalue weighted by Crippen LogP contribution is -2.61. The molecule has 0 saturated heterocycles. The normalized spacial score (nSPS) is 42.3. The van der Waals surface area contributed by atoms with Crippen LogP contribution in [0.15, 0.2) is 0 Å². The highest BCUT2D eigenvalue weighted by atomic mass is 19.3. The summed E-state index contributed by atoms with van der Waals surface area (Å²) in [6, 6.07) is 0. The Morgan fingerprint density at radius 3 is 1.82 bits per heavy atom. The van der Waals surface area contributed by atoms with Crippen molar-refractivity contribution >= 4 is 0 Å². The van der Waals surface area contributed by atoms with Crippen molar-refractivity contribution in [1.29, 1.82) is 0 Å². The summed E-state index contributed by atoms with van der Waals surface area (Å²) in [5.74, 6) is -3.57. The highest BCUT2D eigenvalue weighted by molar-refractivity contribution is 5.07. The lowest BCUT2D eigenvalue weighted by Gasteiger charge is -2.49. The zero-order chi connectivity index (χ0) is 8.86. The van der Waals surface area contributed by atoms with Gasteiger partial charge in [-0.25, -0.2) is 13.2 Å². The van der Waals surface area contributed by atoms with Crippen LogP contribution < -0.4 is 0 Å². The molecule has 0 aliphatic heterocycles. The van der Waals surface area contributed by atoms with Gasteiger partial charge in [0.1, 0.15) is 0 Å². The molecule has 11 heavy (non-hydrogen) atoms. The van der Waals surface area contributed by atoms with Gasteiger partial charge in [-0.1, -0.05) is 13.8 Å². The minimum Gasteiger partial charge on any atom is -0.237 e. The van der Waals surface area contributed by atoms with Crippen LogP contribution in [0.3, 0.4) is 0 Å². The molecule has 0 nitrogen and oxygen atoms in total.